The number of nitrogens with one attached hydrogen (secondary N) is 2. The summed E-state index contributed by atoms with van der Waals surface area (Å²) in [6.07, 6.45) is 0.260. The Morgan fingerprint density at radius 3 is 2.65 bits per heavy atom. The molecule has 126 valence electrons. The molecule has 2 amide bonds. The van der Waals surface area contributed by atoms with Gasteiger partial charge in [-0.15, -0.1) is 0 Å². The topological polar surface area (TPSA) is 70.7 Å². The van der Waals surface area contributed by atoms with Crippen LogP contribution in [0.4, 0.5) is 0 Å². The van der Waals surface area contributed by atoms with Gasteiger partial charge in [0.1, 0.15) is 5.75 Å². The van der Waals surface area contributed by atoms with Crippen LogP contribution < -0.4 is 15.4 Å². The van der Waals surface area contributed by atoms with E-state index in [0.29, 0.717) is 6.54 Å². The van der Waals surface area contributed by atoms with E-state index in [9.17, 15) is 9.59 Å². The van der Waals surface area contributed by atoms with Gasteiger partial charge in [0.25, 0.3) is 0 Å². The first-order valence-corrected chi connectivity index (χ1v) is 7.92. The summed E-state index contributed by atoms with van der Waals surface area (Å²) in [5.74, 6) is 0.665. The molecule has 2 rings (SSSR count). The number of methoxy groups -OCH3 is 1. The Bertz CT molecular complexity index is 545. The molecule has 0 aliphatic carbocycles. The Hall–Kier alpha value is -2.08. The van der Waals surface area contributed by atoms with Crippen LogP contribution in [0.3, 0.4) is 0 Å². The number of carbonyl (C=O) groups is 2. The number of benzene rings is 1. The fourth-order valence-corrected chi connectivity index (χ4v) is 2.84. The Balaban J connectivity index is 2.10. The average molecular weight is 319 g/mol. The molecule has 1 fully saturated rings. The Labute approximate surface area is 137 Å². The maximum absolute atomic E-state index is 12.6. The molecule has 1 heterocycles. The summed E-state index contributed by atoms with van der Waals surface area (Å²) >= 11 is 0. The average Bonchev–Trinajstić information content (AvgIpc) is 2.54. The third-order valence-corrected chi connectivity index (χ3v) is 4.10. The predicted molar refractivity (Wildman–Crippen MR) is 88.2 cm³/mol. The van der Waals surface area contributed by atoms with Crippen molar-refractivity contribution in [2.45, 2.75) is 32.4 Å². The van der Waals surface area contributed by atoms with E-state index in [0.717, 1.165) is 24.4 Å². The molecule has 6 nitrogen and oxygen atoms in total. The zero-order valence-electron chi connectivity index (χ0n) is 14.0. The van der Waals surface area contributed by atoms with Gasteiger partial charge in [-0.25, -0.2) is 0 Å². The Kier molecular flexibility index (Phi) is 5.98. The normalized spacial score (nSPS) is 19.1. The van der Waals surface area contributed by atoms with Crippen LogP contribution in [0.15, 0.2) is 24.3 Å². The number of piperazine rings is 1. The molecule has 1 saturated heterocycles. The summed E-state index contributed by atoms with van der Waals surface area (Å²) in [5.41, 5.74) is 0.900. The third-order valence-electron chi connectivity index (χ3n) is 4.10. The summed E-state index contributed by atoms with van der Waals surface area (Å²) < 4.78 is 5.15. The van der Waals surface area contributed by atoms with Crippen LogP contribution in [-0.4, -0.2) is 49.5 Å². The SMILES string of the molecule is COc1ccc(C(CC(=O)N2CCNC[C@H]2C)NC(C)=O)cc1. The minimum absolute atomic E-state index is 0.0635. The molecule has 1 aliphatic heterocycles. The van der Waals surface area contributed by atoms with Gasteiger partial charge in [0.2, 0.25) is 11.8 Å². The van der Waals surface area contributed by atoms with E-state index in [2.05, 4.69) is 10.6 Å². The quantitative estimate of drug-likeness (QED) is 0.852. The zero-order chi connectivity index (χ0) is 16.8. The van der Waals surface area contributed by atoms with Crippen molar-refractivity contribution in [2.75, 3.05) is 26.7 Å². The molecule has 2 atom stereocenters. The van der Waals surface area contributed by atoms with E-state index in [1.54, 1.807) is 7.11 Å². The van der Waals surface area contributed by atoms with Crippen molar-refractivity contribution in [1.82, 2.24) is 15.5 Å². The standard InChI is InChI=1S/C17H25N3O3/c1-12-11-18-8-9-20(12)17(22)10-16(19-13(2)21)14-4-6-15(23-3)7-5-14/h4-7,12,16,18H,8-11H2,1-3H3,(H,19,21)/t12-,16?/m1/s1. The van der Waals surface area contributed by atoms with Gasteiger partial charge in [-0.3, -0.25) is 9.59 Å². The van der Waals surface area contributed by atoms with E-state index < -0.39 is 0 Å². The molecule has 0 bridgehead atoms. The van der Waals surface area contributed by atoms with E-state index in [-0.39, 0.29) is 30.3 Å². The number of hydrogen-bond donors (Lipinski definition) is 2. The lowest BCUT2D eigenvalue weighted by Crippen LogP contribution is -2.52. The second-order valence-electron chi connectivity index (χ2n) is 5.87. The second kappa shape index (κ2) is 7.97. The molecule has 1 aliphatic rings. The van der Waals surface area contributed by atoms with Crippen LogP contribution in [0.25, 0.3) is 0 Å². The van der Waals surface area contributed by atoms with Gasteiger partial charge >= 0.3 is 0 Å². The fourth-order valence-electron chi connectivity index (χ4n) is 2.84. The molecule has 1 aromatic rings. The van der Waals surface area contributed by atoms with Gasteiger partial charge in [0.05, 0.1) is 19.6 Å². The van der Waals surface area contributed by atoms with Crippen molar-refractivity contribution in [3.05, 3.63) is 29.8 Å². The molecule has 0 aromatic heterocycles. The van der Waals surface area contributed by atoms with Gasteiger partial charge in [0, 0.05) is 32.6 Å². The first-order valence-electron chi connectivity index (χ1n) is 7.92. The molecule has 0 saturated carbocycles. The number of nitrogens with zero attached hydrogens (tertiary/aromatic N) is 1. The molecule has 6 heteroatoms. The maximum atomic E-state index is 12.6. The molecular weight excluding hydrogens is 294 g/mol. The highest BCUT2D eigenvalue weighted by molar-refractivity contribution is 5.79. The van der Waals surface area contributed by atoms with Crippen molar-refractivity contribution in [3.63, 3.8) is 0 Å². The molecule has 2 N–H and O–H groups in total. The highest BCUT2D eigenvalue weighted by Crippen LogP contribution is 2.22. The number of rotatable bonds is 5. The van der Waals surface area contributed by atoms with Gasteiger partial charge < -0.3 is 20.3 Å². The first-order chi connectivity index (χ1) is 11.0. The number of ether oxygens (including phenoxy) is 1. The van der Waals surface area contributed by atoms with Gasteiger partial charge in [-0.05, 0) is 24.6 Å². The highest BCUT2D eigenvalue weighted by Gasteiger charge is 2.26. The lowest BCUT2D eigenvalue weighted by Gasteiger charge is -2.35. The molecule has 0 radical (unpaired) electrons. The van der Waals surface area contributed by atoms with Crippen LogP contribution >= 0.6 is 0 Å². The van der Waals surface area contributed by atoms with Crippen LogP contribution in [0.5, 0.6) is 5.75 Å². The molecule has 1 aromatic carbocycles. The van der Waals surface area contributed by atoms with Gasteiger partial charge in [-0.2, -0.15) is 0 Å². The van der Waals surface area contributed by atoms with Crippen molar-refractivity contribution in [2.24, 2.45) is 0 Å². The van der Waals surface area contributed by atoms with Crippen molar-refractivity contribution < 1.29 is 14.3 Å². The fraction of sp³-hybridized carbons (Fsp3) is 0.529. The third kappa shape index (κ3) is 4.69. The summed E-state index contributed by atoms with van der Waals surface area (Å²) in [5, 5.41) is 6.15. The lowest BCUT2D eigenvalue weighted by molar-refractivity contribution is -0.134. The monoisotopic (exact) mass is 319 g/mol. The van der Waals surface area contributed by atoms with Crippen LogP contribution in [-0.2, 0) is 9.59 Å². The van der Waals surface area contributed by atoms with E-state index in [1.807, 2.05) is 36.1 Å². The Morgan fingerprint density at radius 1 is 1.39 bits per heavy atom. The van der Waals surface area contributed by atoms with Gasteiger partial charge in [-0.1, -0.05) is 12.1 Å². The molecule has 0 spiro atoms. The summed E-state index contributed by atoms with van der Waals surface area (Å²) in [6, 6.07) is 7.28. The summed E-state index contributed by atoms with van der Waals surface area (Å²) in [4.78, 5) is 26.0. The van der Waals surface area contributed by atoms with Crippen LogP contribution in [0, 0.1) is 0 Å². The number of amides is 2. The van der Waals surface area contributed by atoms with E-state index in [1.165, 1.54) is 6.92 Å². The summed E-state index contributed by atoms with van der Waals surface area (Å²) in [6.45, 7) is 5.82. The largest absolute Gasteiger partial charge is 0.497 e. The molecule has 1 unspecified atom stereocenters. The highest BCUT2D eigenvalue weighted by atomic mass is 16.5. The second-order valence-corrected chi connectivity index (χ2v) is 5.87. The minimum Gasteiger partial charge on any atom is -0.497 e. The maximum Gasteiger partial charge on any atom is 0.225 e. The number of hydrogen-bond acceptors (Lipinski definition) is 4. The predicted octanol–water partition coefficient (Wildman–Crippen LogP) is 1.08. The van der Waals surface area contributed by atoms with Crippen LogP contribution in [0.1, 0.15) is 31.9 Å². The lowest BCUT2D eigenvalue weighted by atomic mass is 10.0. The van der Waals surface area contributed by atoms with Crippen molar-refractivity contribution >= 4 is 11.8 Å². The first kappa shape index (κ1) is 17.3. The minimum atomic E-state index is -0.326. The van der Waals surface area contributed by atoms with Crippen molar-refractivity contribution in [1.29, 1.82) is 0 Å². The van der Waals surface area contributed by atoms with Crippen molar-refractivity contribution in [3.8, 4) is 5.75 Å². The Morgan fingerprint density at radius 2 is 2.09 bits per heavy atom. The smallest absolute Gasteiger partial charge is 0.225 e. The van der Waals surface area contributed by atoms with Gasteiger partial charge in [0.15, 0.2) is 0 Å². The number of carbonyl (C=O) groups excluding carboxylic acids is 2. The molecular formula is C17H25N3O3. The molecule has 23 heavy (non-hydrogen) atoms. The van der Waals surface area contributed by atoms with Crippen LogP contribution in [0.2, 0.25) is 0 Å². The van der Waals surface area contributed by atoms with E-state index >= 15 is 0 Å². The summed E-state index contributed by atoms with van der Waals surface area (Å²) in [7, 11) is 1.61. The zero-order valence-corrected chi connectivity index (χ0v) is 14.0. The van der Waals surface area contributed by atoms with E-state index in [4.69, 9.17) is 4.74 Å².